The Kier molecular flexibility index (Phi) is 5.48. The van der Waals surface area contributed by atoms with Gasteiger partial charge in [0.1, 0.15) is 5.75 Å². The molecule has 1 heteroatoms. The molecular formula is C24H22O. The summed E-state index contributed by atoms with van der Waals surface area (Å²) in [5.41, 5.74) is 6.04. The highest BCUT2D eigenvalue weighted by Crippen LogP contribution is 2.15. The number of methoxy groups -OCH3 is 1. The number of rotatable bonds is 5. The number of ether oxygens (including phenoxy) is 1. The fourth-order valence-electron chi connectivity index (χ4n) is 2.50. The molecule has 0 aliphatic rings. The van der Waals surface area contributed by atoms with E-state index in [1.54, 1.807) is 7.11 Å². The van der Waals surface area contributed by atoms with Gasteiger partial charge in [-0.2, -0.15) is 0 Å². The van der Waals surface area contributed by atoms with E-state index in [1.807, 2.05) is 24.3 Å². The minimum Gasteiger partial charge on any atom is -0.497 e. The summed E-state index contributed by atoms with van der Waals surface area (Å²) in [5, 5.41) is 0. The first kappa shape index (κ1) is 16.8. The van der Waals surface area contributed by atoms with E-state index in [-0.39, 0.29) is 0 Å². The molecule has 0 aliphatic carbocycles. The molecule has 0 saturated heterocycles. The average Bonchev–Trinajstić information content (AvgIpc) is 2.67. The van der Waals surface area contributed by atoms with Gasteiger partial charge >= 0.3 is 0 Å². The maximum absolute atomic E-state index is 5.18. The molecule has 25 heavy (non-hydrogen) atoms. The van der Waals surface area contributed by atoms with Crippen molar-refractivity contribution < 1.29 is 4.74 Å². The van der Waals surface area contributed by atoms with Crippen molar-refractivity contribution in [2.45, 2.75) is 6.92 Å². The fourth-order valence-corrected chi connectivity index (χ4v) is 2.50. The third kappa shape index (κ3) is 4.95. The van der Waals surface area contributed by atoms with Crippen LogP contribution in [-0.4, -0.2) is 7.11 Å². The zero-order valence-electron chi connectivity index (χ0n) is 14.6. The standard InChI is InChI=1S/C24H22O/c1-19-3-5-20(6-4-19)7-8-21-9-11-22(12-10-21)13-14-23-15-17-24(25-2)18-16-23/h3-18H,1-2H3/b8-7+,14-13+. The topological polar surface area (TPSA) is 9.23 Å². The highest BCUT2D eigenvalue weighted by Gasteiger charge is 1.92. The lowest BCUT2D eigenvalue weighted by atomic mass is 10.1. The second-order valence-electron chi connectivity index (χ2n) is 6.02. The second kappa shape index (κ2) is 8.16. The summed E-state index contributed by atoms with van der Waals surface area (Å²) in [6.45, 7) is 2.10. The van der Waals surface area contributed by atoms with Crippen LogP contribution in [-0.2, 0) is 0 Å². The van der Waals surface area contributed by atoms with E-state index >= 15 is 0 Å². The van der Waals surface area contributed by atoms with E-state index in [2.05, 4.69) is 79.8 Å². The third-order valence-corrected chi connectivity index (χ3v) is 4.07. The lowest BCUT2D eigenvalue weighted by Gasteiger charge is -2.00. The molecule has 0 atom stereocenters. The molecule has 1 nitrogen and oxygen atoms in total. The van der Waals surface area contributed by atoms with Gasteiger partial charge in [-0.15, -0.1) is 0 Å². The van der Waals surface area contributed by atoms with Crippen molar-refractivity contribution in [1.29, 1.82) is 0 Å². The van der Waals surface area contributed by atoms with E-state index in [9.17, 15) is 0 Å². The summed E-state index contributed by atoms with van der Waals surface area (Å²) in [7, 11) is 1.68. The minimum atomic E-state index is 0.877. The predicted octanol–water partition coefficient (Wildman–Crippen LogP) is 6.34. The van der Waals surface area contributed by atoms with E-state index in [4.69, 9.17) is 4.74 Å². The molecular weight excluding hydrogens is 304 g/mol. The second-order valence-corrected chi connectivity index (χ2v) is 6.02. The van der Waals surface area contributed by atoms with Crippen LogP contribution in [0, 0.1) is 6.92 Å². The van der Waals surface area contributed by atoms with Gasteiger partial charge in [-0.1, -0.05) is 90.5 Å². The summed E-state index contributed by atoms with van der Waals surface area (Å²) < 4.78 is 5.18. The van der Waals surface area contributed by atoms with Crippen LogP contribution in [0.25, 0.3) is 24.3 Å². The van der Waals surface area contributed by atoms with Crippen molar-refractivity contribution in [3.8, 4) is 5.75 Å². The fraction of sp³-hybridized carbons (Fsp3) is 0.0833. The highest BCUT2D eigenvalue weighted by molar-refractivity contribution is 5.73. The predicted molar refractivity (Wildman–Crippen MR) is 108 cm³/mol. The van der Waals surface area contributed by atoms with Crippen molar-refractivity contribution in [2.75, 3.05) is 7.11 Å². The summed E-state index contributed by atoms with van der Waals surface area (Å²) >= 11 is 0. The molecule has 0 aromatic heterocycles. The van der Waals surface area contributed by atoms with E-state index in [0.717, 1.165) is 11.3 Å². The number of hydrogen-bond acceptors (Lipinski definition) is 1. The molecule has 3 rings (SSSR count). The molecule has 0 heterocycles. The van der Waals surface area contributed by atoms with E-state index in [1.165, 1.54) is 22.3 Å². The Hall–Kier alpha value is -3.06. The van der Waals surface area contributed by atoms with Crippen molar-refractivity contribution >= 4 is 24.3 Å². The van der Waals surface area contributed by atoms with Gasteiger partial charge in [-0.3, -0.25) is 0 Å². The molecule has 0 aliphatic heterocycles. The third-order valence-electron chi connectivity index (χ3n) is 4.07. The molecule has 124 valence electrons. The quantitative estimate of drug-likeness (QED) is 0.497. The van der Waals surface area contributed by atoms with Gasteiger partial charge < -0.3 is 4.74 Å². The van der Waals surface area contributed by atoms with Gasteiger partial charge in [0.25, 0.3) is 0 Å². The Bertz CT molecular complexity index is 851. The van der Waals surface area contributed by atoms with Crippen LogP contribution in [0.1, 0.15) is 27.8 Å². The van der Waals surface area contributed by atoms with Gasteiger partial charge in [-0.25, -0.2) is 0 Å². The first-order valence-electron chi connectivity index (χ1n) is 8.40. The molecule has 0 unspecified atom stereocenters. The highest BCUT2D eigenvalue weighted by atomic mass is 16.5. The largest absolute Gasteiger partial charge is 0.497 e. The van der Waals surface area contributed by atoms with Gasteiger partial charge in [0.2, 0.25) is 0 Å². The Morgan fingerprint density at radius 2 is 0.840 bits per heavy atom. The lowest BCUT2D eigenvalue weighted by molar-refractivity contribution is 0.415. The number of aryl methyl sites for hydroxylation is 1. The number of hydrogen-bond donors (Lipinski definition) is 0. The van der Waals surface area contributed by atoms with E-state index < -0.39 is 0 Å². The average molecular weight is 326 g/mol. The SMILES string of the molecule is COc1ccc(/C=C/c2ccc(/C=C/c3ccc(C)cc3)cc2)cc1. The molecule has 0 radical (unpaired) electrons. The summed E-state index contributed by atoms with van der Waals surface area (Å²) in [6, 6.07) is 25.1. The molecule has 0 amide bonds. The molecule has 0 fully saturated rings. The molecule has 3 aromatic rings. The zero-order valence-corrected chi connectivity index (χ0v) is 14.6. The van der Waals surface area contributed by atoms with Crippen LogP contribution in [0.2, 0.25) is 0 Å². The summed E-state index contributed by atoms with van der Waals surface area (Å²) in [5.74, 6) is 0.877. The van der Waals surface area contributed by atoms with Gasteiger partial charge in [0.05, 0.1) is 7.11 Å². The van der Waals surface area contributed by atoms with Crippen LogP contribution >= 0.6 is 0 Å². The number of benzene rings is 3. The summed E-state index contributed by atoms with van der Waals surface area (Å²) in [6.07, 6.45) is 8.51. The van der Waals surface area contributed by atoms with Crippen molar-refractivity contribution in [2.24, 2.45) is 0 Å². The monoisotopic (exact) mass is 326 g/mol. The van der Waals surface area contributed by atoms with Crippen LogP contribution < -0.4 is 4.74 Å². The van der Waals surface area contributed by atoms with Crippen molar-refractivity contribution in [1.82, 2.24) is 0 Å². The first-order valence-corrected chi connectivity index (χ1v) is 8.40. The van der Waals surface area contributed by atoms with Crippen LogP contribution in [0.3, 0.4) is 0 Å². The Labute approximate surface area is 149 Å². The molecule has 0 spiro atoms. The van der Waals surface area contributed by atoms with Crippen LogP contribution in [0.15, 0.2) is 72.8 Å². The molecule has 0 saturated carbocycles. The molecule has 0 bridgehead atoms. The smallest absolute Gasteiger partial charge is 0.118 e. The van der Waals surface area contributed by atoms with Crippen molar-refractivity contribution in [3.63, 3.8) is 0 Å². The minimum absolute atomic E-state index is 0.877. The molecule has 3 aromatic carbocycles. The Balaban J connectivity index is 1.65. The first-order chi connectivity index (χ1) is 12.2. The summed E-state index contributed by atoms with van der Waals surface area (Å²) in [4.78, 5) is 0. The normalized spacial score (nSPS) is 11.3. The van der Waals surface area contributed by atoms with Gasteiger partial charge in [-0.05, 0) is 41.3 Å². The zero-order chi connectivity index (χ0) is 17.5. The lowest BCUT2D eigenvalue weighted by Crippen LogP contribution is -1.81. The van der Waals surface area contributed by atoms with Crippen LogP contribution in [0.5, 0.6) is 5.75 Å². The Morgan fingerprint density at radius 1 is 0.520 bits per heavy atom. The Morgan fingerprint density at radius 3 is 1.20 bits per heavy atom. The molecule has 0 N–H and O–H groups in total. The van der Waals surface area contributed by atoms with Crippen LogP contribution in [0.4, 0.5) is 0 Å². The van der Waals surface area contributed by atoms with Gasteiger partial charge in [0, 0.05) is 0 Å². The van der Waals surface area contributed by atoms with Gasteiger partial charge in [0.15, 0.2) is 0 Å². The van der Waals surface area contributed by atoms with Crippen molar-refractivity contribution in [3.05, 3.63) is 101 Å². The maximum atomic E-state index is 5.18. The maximum Gasteiger partial charge on any atom is 0.118 e. The van der Waals surface area contributed by atoms with E-state index in [0.29, 0.717) is 0 Å².